The highest BCUT2D eigenvalue weighted by molar-refractivity contribution is 14.1. The number of carbonyl (C=O) groups is 2. The zero-order valence-electron chi connectivity index (χ0n) is 24.7. The monoisotopic (exact) mass is 678 g/mol. The standard InChI is InChI=1S/C35H43IN4O2/c1-3-39(4-2)23-22-33-35(42)40(26-32(28-11-7-5-8-12-28)29-13-9-6-10-14-29)24-21-31(38-33)25-37-34(41)20-17-27-15-18-30(36)19-16-27/h5-20,31-33,38H,3-4,21-26H2,1-2H3,(H,37,41)/b20-17+/t31-,33-/m0/s1. The van der Waals surface area contributed by atoms with Crippen molar-refractivity contribution in [3.63, 3.8) is 0 Å². The molecule has 0 aromatic heterocycles. The fourth-order valence-corrected chi connectivity index (χ4v) is 5.86. The van der Waals surface area contributed by atoms with Gasteiger partial charge in [0.05, 0.1) is 6.04 Å². The van der Waals surface area contributed by atoms with Gasteiger partial charge in [-0.25, -0.2) is 0 Å². The fourth-order valence-electron chi connectivity index (χ4n) is 5.50. The second-order valence-electron chi connectivity index (χ2n) is 10.8. The lowest BCUT2D eigenvalue weighted by Gasteiger charge is -2.30. The molecule has 4 rings (SSSR count). The molecule has 2 atom stereocenters. The minimum Gasteiger partial charge on any atom is -0.351 e. The Morgan fingerprint density at radius 1 is 1.00 bits per heavy atom. The van der Waals surface area contributed by atoms with Crippen LogP contribution >= 0.6 is 22.6 Å². The fraction of sp³-hybridized carbons (Fsp3) is 0.371. The third-order valence-electron chi connectivity index (χ3n) is 8.05. The summed E-state index contributed by atoms with van der Waals surface area (Å²) in [5, 5.41) is 6.69. The third-order valence-corrected chi connectivity index (χ3v) is 8.77. The Bertz CT molecular complexity index is 1240. The smallest absolute Gasteiger partial charge is 0.244 e. The van der Waals surface area contributed by atoms with Crippen LogP contribution in [0.4, 0.5) is 0 Å². The van der Waals surface area contributed by atoms with Crippen LogP contribution in [-0.2, 0) is 9.59 Å². The van der Waals surface area contributed by atoms with Gasteiger partial charge in [-0.15, -0.1) is 0 Å². The van der Waals surface area contributed by atoms with E-state index in [0.29, 0.717) is 19.6 Å². The van der Waals surface area contributed by atoms with Crippen LogP contribution in [0.2, 0.25) is 0 Å². The van der Waals surface area contributed by atoms with Crippen molar-refractivity contribution in [2.45, 2.75) is 44.7 Å². The zero-order chi connectivity index (χ0) is 29.7. The van der Waals surface area contributed by atoms with Crippen molar-refractivity contribution in [2.24, 2.45) is 0 Å². The zero-order valence-corrected chi connectivity index (χ0v) is 26.9. The molecule has 1 aliphatic heterocycles. The molecule has 0 bridgehead atoms. The first-order chi connectivity index (χ1) is 20.5. The molecule has 0 radical (unpaired) electrons. The van der Waals surface area contributed by atoms with Crippen LogP contribution in [0.15, 0.2) is 91.0 Å². The largest absolute Gasteiger partial charge is 0.351 e. The number of amides is 2. The van der Waals surface area contributed by atoms with E-state index in [9.17, 15) is 9.59 Å². The van der Waals surface area contributed by atoms with Crippen LogP contribution in [-0.4, -0.2) is 73.0 Å². The van der Waals surface area contributed by atoms with Gasteiger partial charge in [-0.3, -0.25) is 9.59 Å². The van der Waals surface area contributed by atoms with Gasteiger partial charge in [0.2, 0.25) is 11.8 Å². The quantitative estimate of drug-likeness (QED) is 0.184. The highest BCUT2D eigenvalue weighted by Gasteiger charge is 2.32. The lowest BCUT2D eigenvalue weighted by atomic mass is 9.90. The van der Waals surface area contributed by atoms with E-state index in [4.69, 9.17) is 0 Å². The van der Waals surface area contributed by atoms with Crippen LogP contribution in [0, 0.1) is 3.57 Å². The number of nitrogens with zero attached hydrogens (tertiary/aromatic N) is 2. The molecule has 0 saturated carbocycles. The van der Waals surface area contributed by atoms with Crippen LogP contribution in [0.25, 0.3) is 6.08 Å². The predicted octanol–water partition coefficient (Wildman–Crippen LogP) is 5.54. The second kappa shape index (κ2) is 16.6. The van der Waals surface area contributed by atoms with Gasteiger partial charge in [-0.05, 0) is 83.4 Å². The molecule has 2 amide bonds. The normalized spacial score (nSPS) is 17.6. The number of nitrogens with one attached hydrogen (secondary N) is 2. The number of carbonyl (C=O) groups excluding carboxylic acids is 2. The van der Waals surface area contributed by atoms with Gasteiger partial charge in [0.25, 0.3) is 0 Å². The lowest BCUT2D eigenvalue weighted by molar-refractivity contribution is -0.133. The Balaban J connectivity index is 1.47. The molecule has 3 aromatic rings. The first kappa shape index (κ1) is 31.9. The van der Waals surface area contributed by atoms with Gasteiger partial charge >= 0.3 is 0 Å². The molecule has 0 spiro atoms. The first-order valence-corrected chi connectivity index (χ1v) is 16.1. The van der Waals surface area contributed by atoms with E-state index in [1.807, 2.05) is 47.4 Å². The molecule has 2 N–H and O–H groups in total. The van der Waals surface area contributed by atoms with E-state index >= 15 is 0 Å². The summed E-state index contributed by atoms with van der Waals surface area (Å²) in [5.41, 5.74) is 3.40. The van der Waals surface area contributed by atoms with Crippen LogP contribution < -0.4 is 10.6 Å². The van der Waals surface area contributed by atoms with E-state index in [2.05, 4.69) is 101 Å². The topological polar surface area (TPSA) is 64.7 Å². The molecule has 1 heterocycles. The Morgan fingerprint density at radius 3 is 2.21 bits per heavy atom. The summed E-state index contributed by atoms with van der Waals surface area (Å²) in [6.45, 7) is 8.81. The third kappa shape index (κ3) is 9.51. The van der Waals surface area contributed by atoms with Crippen molar-refractivity contribution < 1.29 is 9.59 Å². The maximum atomic E-state index is 14.0. The lowest BCUT2D eigenvalue weighted by Crippen LogP contribution is -2.50. The van der Waals surface area contributed by atoms with E-state index in [-0.39, 0.29) is 29.8 Å². The van der Waals surface area contributed by atoms with Gasteiger partial charge in [-0.2, -0.15) is 0 Å². The highest BCUT2D eigenvalue weighted by atomic mass is 127. The second-order valence-corrected chi connectivity index (χ2v) is 12.1. The summed E-state index contributed by atoms with van der Waals surface area (Å²) in [6, 6.07) is 28.7. The van der Waals surface area contributed by atoms with Crippen molar-refractivity contribution in [1.29, 1.82) is 0 Å². The summed E-state index contributed by atoms with van der Waals surface area (Å²) in [7, 11) is 0. The molecular weight excluding hydrogens is 635 g/mol. The number of halogens is 1. The SMILES string of the molecule is CCN(CC)CC[C@@H]1N[C@H](CNC(=O)/C=C/c2ccc(I)cc2)CCN(CC(c2ccccc2)c2ccccc2)C1=O. The molecule has 7 heteroatoms. The molecular formula is C35H43IN4O2. The Morgan fingerprint density at radius 2 is 1.62 bits per heavy atom. The van der Waals surface area contributed by atoms with Crippen LogP contribution in [0.1, 0.15) is 49.3 Å². The van der Waals surface area contributed by atoms with E-state index in [1.165, 1.54) is 11.1 Å². The van der Waals surface area contributed by atoms with Crippen molar-refractivity contribution in [3.8, 4) is 0 Å². The predicted molar refractivity (Wildman–Crippen MR) is 180 cm³/mol. The molecule has 1 aliphatic rings. The van der Waals surface area contributed by atoms with Gasteiger partial charge in [0, 0.05) is 47.8 Å². The summed E-state index contributed by atoms with van der Waals surface area (Å²) >= 11 is 2.27. The van der Waals surface area contributed by atoms with E-state index in [1.54, 1.807) is 6.08 Å². The summed E-state index contributed by atoms with van der Waals surface area (Å²) < 4.78 is 1.16. The molecule has 3 aromatic carbocycles. The Labute approximate surface area is 264 Å². The average molecular weight is 679 g/mol. The van der Waals surface area contributed by atoms with Crippen LogP contribution in [0.5, 0.6) is 0 Å². The van der Waals surface area contributed by atoms with Gasteiger partial charge in [0.1, 0.15) is 0 Å². The Hall–Kier alpha value is -3.01. The molecule has 0 unspecified atom stereocenters. The van der Waals surface area contributed by atoms with Gasteiger partial charge < -0.3 is 20.4 Å². The molecule has 42 heavy (non-hydrogen) atoms. The van der Waals surface area contributed by atoms with Crippen molar-refractivity contribution >= 4 is 40.5 Å². The molecule has 1 saturated heterocycles. The van der Waals surface area contributed by atoms with Gasteiger partial charge in [-0.1, -0.05) is 86.6 Å². The summed E-state index contributed by atoms with van der Waals surface area (Å²) in [4.78, 5) is 31.1. The number of benzene rings is 3. The maximum Gasteiger partial charge on any atom is 0.244 e. The summed E-state index contributed by atoms with van der Waals surface area (Å²) in [6.07, 6.45) is 4.91. The summed E-state index contributed by atoms with van der Waals surface area (Å²) in [5.74, 6) is 0.101. The van der Waals surface area contributed by atoms with Crippen LogP contribution in [0.3, 0.4) is 0 Å². The van der Waals surface area contributed by atoms with E-state index in [0.717, 1.165) is 41.6 Å². The number of rotatable bonds is 13. The maximum absolute atomic E-state index is 14.0. The average Bonchev–Trinajstić information content (AvgIpc) is 3.17. The minimum atomic E-state index is -0.301. The Kier molecular flexibility index (Phi) is 12.6. The van der Waals surface area contributed by atoms with Crippen molar-refractivity contribution in [2.75, 3.05) is 39.3 Å². The highest BCUT2D eigenvalue weighted by Crippen LogP contribution is 2.27. The van der Waals surface area contributed by atoms with Crippen molar-refractivity contribution in [1.82, 2.24) is 20.4 Å². The molecule has 0 aliphatic carbocycles. The minimum absolute atomic E-state index is 0.00297. The van der Waals surface area contributed by atoms with E-state index < -0.39 is 0 Å². The first-order valence-electron chi connectivity index (χ1n) is 15.0. The molecule has 6 nitrogen and oxygen atoms in total. The van der Waals surface area contributed by atoms with Crippen molar-refractivity contribution in [3.05, 3.63) is 111 Å². The number of hydrogen-bond donors (Lipinski definition) is 2. The molecule has 222 valence electrons. The molecule has 1 fully saturated rings. The van der Waals surface area contributed by atoms with Gasteiger partial charge in [0.15, 0.2) is 0 Å². The number of hydrogen-bond acceptors (Lipinski definition) is 4.